The van der Waals surface area contributed by atoms with E-state index in [0.717, 1.165) is 30.6 Å². The second kappa shape index (κ2) is 8.41. The normalized spacial score (nSPS) is 17.6. The largest absolute Gasteiger partial charge is 0.309 e. The summed E-state index contributed by atoms with van der Waals surface area (Å²) in [6.07, 6.45) is 8.40. The number of anilines is 1. The standard InChI is InChI=1S/C21H24N4O3S/c1-29-13-11-17(24-20(27)15-8-4-5-9-16(15)21(24)28)19(26)23-18-10-12-22-25(18)14-6-2-3-7-14/h4-5,8-10,12,14,17H,2-3,6-7,11,13H2,1H3,(H,23,26). The van der Waals surface area contributed by atoms with Gasteiger partial charge in [0.05, 0.1) is 23.4 Å². The summed E-state index contributed by atoms with van der Waals surface area (Å²) in [5.41, 5.74) is 0.714. The van der Waals surface area contributed by atoms with E-state index in [9.17, 15) is 14.4 Å². The summed E-state index contributed by atoms with van der Waals surface area (Å²) in [5.74, 6) is 0.112. The molecular weight excluding hydrogens is 388 g/mol. The van der Waals surface area contributed by atoms with Crippen molar-refractivity contribution in [2.24, 2.45) is 0 Å². The lowest BCUT2D eigenvalue weighted by Crippen LogP contribution is -2.47. The van der Waals surface area contributed by atoms with Crippen LogP contribution in [0.5, 0.6) is 0 Å². The highest BCUT2D eigenvalue weighted by Gasteiger charge is 2.42. The number of aromatic nitrogens is 2. The summed E-state index contributed by atoms with van der Waals surface area (Å²) in [4.78, 5) is 40.1. The molecule has 0 spiro atoms. The molecule has 1 saturated carbocycles. The van der Waals surface area contributed by atoms with Crippen molar-refractivity contribution in [2.75, 3.05) is 17.3 Å². The monoisotopic (exact) mass is 412 g/mol. The number of amides is 3. The van der Waals surface area contributed by atoms with Crippen LogP contribution in [0, 0.1) is 0 Å². The van der Waals surface area contributed by atoms with Gasteiger partial charge < -0.3 is 5.32 Å². The molecule has 1 aliphatic heterocycles. The van der Waals surface area contributed by atoms with Crippen molar-refractivity contribution in [3.63, 3.8) is 0 Å². The van der Waals surface area contributed by atoms with E-state index in [1.165, 1.54) is 0 Å². The van der Waals surface area contributed by atoms with Crippen LogP contribution in [0.2, 0.25) is 0 Å². The van der Waals surface area contributed by atoms with Crippen LogP contribution in [0.15, 0.2) is 36.5 Å². The molecule has 2 aliphatic rings. The quantitative estimate of drug-likeness (QED) is 0.705. The summed E-state index contributed by atoms with van der Waals surface area (Å²) in [7, 11) is 0. The van der Waals surface area contributed by atoms with Crippen molar-refractivity contribution < 1.29 is 14.4 Å². The molecule has 152 valence electrons. The van der Waals surface area contributed by atoms with E-state index < -0.39 is 17.9 Å². The molecule has 0 bridgehead atoms. The molecule has 1 unspecified atom stereocenters. The van der Waals surface area contributed by atoms with Gasteiger partial charge in [-0.05, 0) is 43.4 Å². The Balaban J connectivity index is 1.58. The van der Waals surface area contributed by atoms with Crippen LogP contribution in [0.25, 0.3) is 0 Å². The fourth-order valence-corrected chi connectivity index (χ4v) is 4.62. The third-order valence-electron chi connectivity index (χ3n) is 5.63. The van der Waals surface area contributed by atoms with Gasteiger partial charge in [0.15, 0.2) is 0 Å². The van der Waals surface area contributed by atoms with Gasteiger partial charge in [-0.3, -0.25) is 19.3 Å². The number of thioether (sulfide) groups is 1. The first-order chi connectivity index (χ1) is 14.1. The Kier molecular flexibility index (Phi) is 5.71. The molecule has 8 heteroatoms. The van der Waals surface area contributed by atoms with Crippen LogP contribution in [0.1, 0.15) is 58.9 Å². The lowest BCUT2D eigenvalue weighted by molar-refractivity contribution is -0.120. The van der Waals surface area contributed by atoms with Crippen molar-refractivity contribution >= 4 is 35.3 Å². The number of nitrogens with zero attached hydrogens (tertiary/aromatic N) is 3. The Morgan fingerprint density at radius 1 is 1.17 bits per heavy atom. The minimum absolute atomic E-state index is 0.282. The minimum Gasteiger partial charge on any atom is -0.309 e. The van der Waals surface area contributed by atoms with Gasteiger partial charge in [-0.15, -0.1) is 0 Å². The van der Waals surface area contributed by atoms with E-state index in [1.807, 2.05) is 10.9 Å². The van der Waals surface area contributed by atoms with E-state index in [4.69, 9.17) is 0 Å². The van der Waals surface area contributed by atoms with Crippen LogP contribution < -0.4 is 5.32 Å². The molecular formula is C21H24N4O3S. The fraction of sp³-hybridized carbons (Fsp3) is 0.429. The molecule has 3 amide bonds. The molecule has 29 heavy (non-hydrogen) atoms. The van der Waals surface area contributed by atoms with Gasteiger partial charge >= 0.3 is 0 Å². The molecule has 1 aliphatic carbocycles. The zero-order valence-corrected chi connectivity index (χ0v) is 17.2. The topological polar surface area (TPSA) is 84.3 Å². The number of carbonyl (C=O) groups excluding carboxylic acids is 3. The van der Waals surface area contributed by atoms with Gasteiger partial charge in [0.1, 0.15) is 11.9 Å². The average Bonchev–Trinajstić information content (AvgIpc) is 3.45. The first-order valence-electron chi connectivity index (χ1n) is 9.92. The van der Waals surface area contributed by atoms with E-state index in [0.29, 0.717) is 29.1 Å². The zero-order valence-electron chi connectivity index (χ0n) is 16.3. The summed E-state index contributed by atoms with van der Waals surface area (Å²) in [6, 6.07) is 7.91. The first kappa shape index (κ1) is 19.7. The Morgan fingerprint density at radius 3 is 2.45 bits per heavy atom. The predicted molar refractivity (Wildman–Crippen MR) is 112 cm³/mol. The van der Waals surface area contributed by atoms with Gasteiger partial charge in [0.25, 0.3) is 11.8 Å². The molecule has 7 nitrogen and oxygen atoms in total. The van der Waals surface area contributed by atoms with Crippen LogP contribution in [-0.2, 0) is 4.79 Å². The molecule has 4 rings (SSSR count). The maximum absolute atomic E-state index is 13.2. The number of fused-ring (bicyclic) bond motifs is 1. The average molecular weight is 413 g/mol. The highest BCUT2D eigenvalue weighted by Crippen LogP contribution is 2.32. The SMILES string of the molecule is CSCCC(C(=O)Nc1ccnn1C1CCCC1)N1C(=O)c2ccccc2C1=O. The number of carbonyl (C=O) groups is 3. The Bertz CT molecular complexity index is 901. The van der Waals surface area contributed by atoms with Crippen molar-refractivity contribution in [1.29, 1.82) is 0 Å². The van der Waals surface area contributed by atoms with Crippen molar-refractivity contribution in [1.82, 2.24) is 14.7 Å². The third-order valence-corrected chi connectivity index (χ3v) is 6.27. The Hall–Kier alpha value is -2.61. The van der Waals surface area contributed by atoms with Crippen LogP contribution in [-0.4, -0.2) is 50.5 Å². The van der Waals surface area contributed by atoms with Gasteiger partial charge in [-0.25, -0.2) is 4.68 Å². The number of benzene rings is 1. The van der Waals surface area contributed by atoms with E-state index >= 15 is 0 Å². The van der Waals surface area contributed by atoms with Gasteiger partial charge in [0.2, 0.25) is 5.91 Å². The maximum Gasteiger partial charge on any atom is 0.262 e. The van der Waals surface area contributed by atoms with Crippen LogP contribution in [0.3, 0.4) is 0 Å². The Morgan fingerprint density at radius 2 is 1.83 bits per heavy atom. The van der Waals surface area contributed by atoms with E-state index in [-0.39, 0.29) is 11.9 Å². The zero-order chi connectivity index (χ0) is 20.4. The second-order valence-corrected chi connectivity index (χ2v) is 8.40. The molecule has 0 radical (unpaired) electrons. The molecule has 2 heterocycles. The highest BCUT2D eigenvalue weighted by molar-refractivity contribution is 7.98. The Labute approximate surface area is 173 Å². The highest BCUT2D eigenvalue weighted by atomic mass is 32.2. The van der Waals surface area contributed by atoms with Gasteiger partial charge in [-0.1, -0.05) is 25.0 Å². The number of hydrogen-bond donors (Lipinski definition) is 1. The molecule has 2 aromatic rings. The molecule has 1 atom stereocenters. The number of hydrogen-bond acceptors (Lipinski definition) is 5. The second-order valence-electron chi connectivity index (χ2n) is 7.41. The number of rotatable bonds is 7. The third kappa shape index (κ3) is 3.69. The van der Waals surface area contributed by atoms with Crippen molar-refractivity contribution in [3.8, 4) is 0 Å². The summed E-state index contributed by atoms with van der Waals surface area (Å²) in [6.45, 7) is 0. The lowest BCUT2D eigenvalue weighted by Gasteiger charge is -2.25. The van der Waals surface area contributed by atoms with E-state index in [1.54, 1.807) is 48.3 Å². The van der Waals surface area contributed by atoms with Crippen LogP contribution >= 0.6 is 11.8 Å². The smallest absolute Gasteiger partial charge is 0.262 e. The molecule has 1 aromatic carbocycles. The summed E-state index contributed by atoms with van der Waals surface area (Å²) >= 11 is 1.58. The van der Waals surface area contributed by atoms with Crippen LogP contribution in [0.4, 0.5) is 5.82 Å². The number of imide groups is 1. The minimum atomic E-state index is -0.859. The lowest BCUT2D eigenvalue weighted by atomic mass is 10.1. The van der Waals surface area contributed by atoms with E-state index in [2.05, 4.69) is 10.4 Å². The molecule has 1 N–H and O–H groups in total. The molecule has 1 aromatic heterocycles. The van der Waals surface area contributed by atoms with Gasteiger partial charge in [0, 0.05) is 6.07 Å². The first-order valence-corrected chi connectivity index (χ1v) is 11.3. The number of nitrogens with one attached hydrogen (secondary N) is 1. The molecule has 1 fully saturated rings. The van der Waals surface area contributed by atoms with Crippen molar-refractivity contribution in [2.45, 2.75) is 44.2 Å². The predicted octanol–water partition coefficient (Wildman–Crippen LogP) is 3.35. The summed E-state index contributed by atoms with van der Waals surface area (Å²) < 4.78 is 1.86. The van der Waals surface area contributed by atoms with Gasteiger partial charge in [-0.2, -0.15) is 16.9 Å². The molecule has 0 saturated heterocycles. The fourth-order valence-electron chi connectivity index (χ4n) is 4.16. The maximum atomic E-state index is 13.2. The summed E-state index contributed by atoms with van der Waals surface area (Å²) in [5, 5.41) is 7.31. The van der Waals surface area contributed by atoms with Crippen molar-refractivity contribution in [3.05, 3.63) is 47.7 Å².